The van der Waals surface area contributed by atoms with E-state index in [4.69, 9.17) is 11.6 Å². The van der Waals surface area contributed by atoms with Crippen molar-refractivity contribution >= 4 is 50.0 Å². The number of aryl methyl sites for hydroxylation is 1. The quantitative estimate of drug-likeness (QED) is 0.308. The SMILES string of the molecule is CN(c1cc(C(F)(F)F)nc2ccc(Cl)cc12)[C@H]1CC[C@@H](NC(=O)CCc2cc(Br)ccc2F)CC1. The number of carbonyl (C=O) groups is 1. The predicted octanol–water partition coefficient (Wildman–Crippen LogP) is 7.31. The summed E-state index contributed by atoms with van der Waals surface area (Å²) in [5, 5.41) is 4.01. The molecule has 1 amide bonds. The molecule has 0 bridgehead atoms. The van der Waals surface area contributed by atoms with Gasteiger partial charge in [-0.25, -0.2) is 9.37 Å². The van der Waals surface area contributed by atoms with E-state index in [1.165, 1.54) is 18.2 Å². The van der Waals surface area contributed by atoms with Gasteiger partial charge in [0.2, 0.25) is 5.91 Å². The topological polar surface area (TPSA) is 45.2 Å². The molecule has 36 heavy (non-hydrogen) atoms. The Bertz CT molecular complexity index is 1260. The third-order valence-electron chi connectivity index (χ3n) is 6.66. The average molecular weight is 587 g/mol. The zero-order chi connectivity index (χ0) is 26.0. The molecule has 1 aliphatic carbocycles. The lowest BCUT2D eigenvalue weighted by Gasteiger charge is -2.37. The second-order valence-electron chi connectivity index (χ2n) is 9.11. The van der Waals surface area contributed by atoms with Crippen molar-refractivity contribution in [3.63, 3.8) is 0 Å². The molecule has 0 atom stereocenters. The molecule has 192 valence electrons. The highest BCUT2D eigenvalue weighted by molar-refractivity contribution is 9.10. The number of rotatable bonds is 6. The van der Waals surface area contributed by atoms with Gasteiger partial charge in [0, 0.05) is 46.1 Å². The van der Waals surface area contributed by atoms with Crippen molar-refractivity contribution in [2.45, 2.75) is 56.8 Å². The Hall–Kier alpha value is -2.39. The first-order valence-corrected chi connectivity index (χ1v) is 12.8. The van der Waals surface area contributed by atoms with E-state index in [-0.39, 0.29) is 35.7 Å². The summed E-state index contributed by atoms with van der Waals surface area (Å²) in [6, 6.07) is 10.4. The van der Waals surface area contributed by atoms with Gasteiger partial charge in [-0.1, -0.05) is 27.5 Å². The molecular weight excluding hydrogens is 562 g/mol. The number of pyridine rings is 1. The number of aromatic nitrogens is 1. The normalized spacial score (nSPS) is 18.3. The van der Waals surface area contributed by atoms with Crippen LogP contribution in [0, 0.1) is 5.82 Å². The van der Waals surface area contributed by atoms with E-state index in [0.29, 0.717) is 53.8 Å². The molecule has 1 heterocycles. The second-order valence-corrected chi connectivity index (χ2v) is 10.5. The summed E-state index contributed by atoms with van der Waals surface area (Å²) in [4.78, 5) is 18.1. The fraction of sp³-hybridized carbons (Fsp3) is 0.385. The van der Waals surface area contributed by atoms with Gasteiger partial charge in [-0.2, -0.15) is 13.2 Å². The van der Waals surface area contributed by atoms with Gasteiger partial charge in [0.05, 0.1) is 5.52 Å². The predicted molar refractivity (Wildman–Crippen MR) is 137 cm³/mol. The lowest BCUT2D eigenvalue weighted by Crippen LogP contribution is -2.43. The number of fused-ring (bicyclic) bond motifs is 1. The van der Waals surface area contributed by atoms with Gasteiger partial charge in [0.25, 0.3) is 0 Å². The number of nitrogens with zero attached hydrogens (tertiary/aromatic N) is 2. The zero-order valence-electron chi connectivity index (χ0n) is 19.5. The maximum absolute atomic E-state index is 13.9. The summed E-state index contributed by atoms with van der Waals surface area (Å²) < 4.78 is 55.2. The number of alkyl halides is 3. The van der Waals surface area contributed by atoms with E-state index in [2.05, 4.69) is 26.2 Å². The van der Waals surface area contributed by atoms with E-state index in [1.54, 1.807) is 25.2 Å². The van der Waals surface area contributed by atoms with Gasteiger partial charge >= 0.3 is 6.18 Å². The standard InChI is InChI=1S/C26H25BrClF4N3O/c1-35(23-14-24(26(30,31)32)34-22-10-4-17(28)13-20(22)23)19-7-5-18(6-8-19)33-25(36)11-2-15-12-16(27)3-9-21(15)29/h3-4,9-10,12-14,18-19H,2,5-8,11H2,1H3,(H,33,36)/t18-,19+. The van der Waals surface area contributed by atoms with Crippen LogP contribution in [0.1, 0.15) is 43.4 Å². The maximum atomic E-state index is 13.9. The van der Waals surface area contributed by atoms with Crippen LogP contribution in [-0.4, -0.2) is 30.0 Å². The lowest BCUT2D eigenvalue weighted by molar-refractivity contribution is -0.140. The Morgan fingerprint density at radius 1 is 1.14 bits per heavy atom. The molecule has 1 fully saturated rings. The van der Waals surface area contributed by atoms with E-state index in [1.807, 2.05) is 4.90 Å². The summed E-state index contributed by atoms with van der Waals surface area (Å²) >= 11 is 9.44. The Kier molecular flexibility index (Phi) is 8.09. The number of nitrogens with one attached hydrogen (secondary N) is 1. The van der Waals surface area contributed by atoms with E-state index in [0.717, 1.165) is 10.5 Å². The highest BCUT2D eigenvalue weighted by Crippen LogP contribution is 2.37. The van der Waals surface area contributed by atoms with Gasteiger partial charge < -0.3 is 10.2 Å². The molecule has 1 aliphatic rings. The van der Waals surface area contributed by atoms with Crippen LogP contribution in [0.4, 0.5) is 23.2 Å². The van der Waals surface area contributed by atoms with Crippen molar-refractivity contribution in [1.82, 2.24) is 10.3 Å². The van der Waals surface area contributed by atoms with Crippen molar-refractivity contribution in [2.24, 2.45) is 0 Å². The molecular formula is C26H25BrClF4N3O. The van der Waals surface area contributed by atoms with Crippen molar-refractivity contribution in [2.75, 3.05) is 11.9 Å². The van der Waals surface area contributed by atoms with Crippen molar-refractivity contribution in [3.8, 4) is 0 Å². The molecule has 0 aliphatic heterocycles. The lowest BCUT2D eigenvalue weighted by atomic mass is 9.89. The maximum Gasteiger partial charge on any atom is 0.433 e. The number of anilines is 1. The average Bonchev–Trinajstić information content (AvgIpc) is 2.83. The van der Waals surface area contributed by atoms with E-state index in [9.17, 15) is 22.4 Å². The van der Waals surface area contributed by atoms with Crippen LogP contribution in [-0.2, 0) is 17.4 Å². The van der Waals surface area contributed by atoms with Crippen LogP contribution in [0.5, 0.6) is 0 Å². The second kappa shape index (κ2) is 10.9. The molecule has 2 aromatic carbocycles. The molecule has 1 saturated carbocycles. The first-order chi connectivity index (χ1) is 17.0. The summed E-state index contributed by atoms with van der Waals surface area (Å²) in [6.45, 7) is 0. The minimum Gasteiger partial charge on any atom is -0.371 e. The van der Waals surface area contributed by atoms with Crippen LogP contribution in [0.25, 0.3) is 10.9 Å². The van der Waals surface area contributed by atoms with Gasteiger partial charge in [0.1, 0.15) is 11.5 Å². The smallest absolute Gasteiger partial charge is 0.371 e. The minimum atomic E-state index is -4.57. The number of hydrogen-bond donors (Lipinski definition) is 1. The molecule has 1 aromatic heterocycles. The van der Waals surface area contributed by atoms with Gasteiger partial charge in [-0.15, -0.1) is 0 Å². The summed E-state index contributed by atoms with van der Waals surface area (Å²) in [5.74, 6) is -0.482. The summed E-state index contributed by atoms with van der Waals surface area (Å²) in [5.41, 5.74) is 0.201. The first kappa shape index (κ1) is 26.7. The highest BCUT2D eigenvalue weighted by atomic mass is 79.9. The Balaban J connectivity index is 1.39. The Morgan fingerprint density at radius 3 is 2.56 bits per heavy atom. The fourth-order valence-corrected chi connectivity index (χ4v) is 5.28. The number of benzene rings is 2. The molecule has 3 aromatic rings. The number of amides is 1. The largest absolute Gasteiger partial charge is 0.433 e. The van der Waals surface area contributed by atoms with E-state index >= 15 is 0 Å². The van der Waals surface area contributed by atoms with Gasteiger partial charge in [-0.3, -0.25) is 4.79 Å². The third kappa shape index (κ3) is 6.29. The zero-order valence-corrected chi connectivity index (χ0v) is 21.9. The van der Waals surface area contributed by atoms with Crippen LogP contribution in [0.2, 0.25) is 5.02 Å². The molecule has 0 saturated heterocycles. The number of carbonyl (C=O) groups excluding carboxylic acids is 1. The molecule has 4 rings (SSSR count). The first-order valence-electron chi connectivity index (χ1n) is 11.6. The van der Waals surface area contributed by atoms with Crippen molar-refractivity contribution in [3.05, 3.63) is 69.0 Å². The minimum absolute atomic E-state index is 0.000387. The number of hydrogen-bond acceptors (Lipinski definition) is 3. The molecule has 1 N–H and O–H groups in total. The molecule has 4 nitrogen and oxygen atoms in total. The summed E-state index contributed by atoms with van der Waals surface area (Å²) in [7, 11) is 1.78. The fourth-order valence-electron chi connectivity index (χ4n) is 4.70. The van der Waals surface area contributed by atoms with Crippen LogP contribution < -0.4 is 10.2 Å². The van der Waals surface area contributed by atoms with Crippen LogP contribution in [0.15, 0.2) is 46.9 Å². The van der Waals surface area contributed by atoms with Gasteiger partial charge in [-0.05, 0) is 80.1 Å². The molecule has 10 heteroatoms. The highest BCUT2D eigenvalue weighted by Gasteiger charge is 2.34. The molecule has 0 spiro atoms. The number of halogens is 6. The Morgan fingerprint density at radius 2 is 1.86 bits per heavy atom. The van der Waals surface area contributed by atoms with Gasteiger partial charge in [0.15, 0.2) is 0 Å². The van der Waals surface area contributed by atoms with Crippen LogP contribution >= 0.6 is 27.5 Å². The third-order valence-corrected chi connectivity index (χ3v) is 7.39. The van der Waals surface area contributed by atoms with E-state index < -0.39 is 11.9 Å². The van der Waals surface area contributed by atoms with Crippen molar-refractivity contribution in [1.29, 1.82) is 0 Å². The van der Waals surface area contributed by atoms with Crippen molar-refractivity contribution < 1.29 is 22.4 Å². The molecule has 0 unspecified atom stereocenters. The monoisotopic (exact) mass is 585 g/mol. The molecule has 0 radical (unpaired) electrons. The Labute approximate surface area is 220 Å². The van der Waals surface area contributed by atoms with Crippen LogP contribution in [0.3, 0.4) is 0 Å². The summed E-state index contributed by atoms with van der Waals surface area (Å²) in [6.07, 6.45) is -1.29.